The first-order valence-electron chi connectivity index (χ1n) is 7.95. The fourth-order valence-electron chi connectivity index (χ4n) is 3.06. The molecule has 1 aromatic heterocycles. The topological polar surface area (TPSA) is 74.8 Å². The van der Waals surface area contributed by atoms with E-state index in [-0.39, 0.29) is 17.9 Å². The monoisotopic (exact) mass is 338 g/mol. The number of anilines is 1. The number of nitrogens with zero attached hydrogens (tertiary/aromatic N) is 3. The van der Waals surface area contributed by atoms with Crippen molar-refractivity contribution in [3.63, 3.8) is 0 Å². The van der Waals surface area contributed by atoms with Gasteiger partial charge in [-0.05, 0) is 31.3 Å². The first-order chi connectivity index (χ1) is 11.1. The van der Waals surface area contributed by atoms with Gasteiger partial charge in [-0.2, -0.15) is 4.37 Å². The van der Waals surface area contributed by atoms with Crippen molar-refractivity contribution in [3.8, 4) is 0 Å². The van der Waals surface area contributed by atoms with Gasteiger partial charge in [0, 0.05) is 39.8 Å². The van der Waals surface area contributed by atoms with Gasteiger partial charge >= 0.3 is 0 Å². The third-order valence-corrected chi connectivity index (χ3v) is 5.34. The average molecular weight is 338 g/mol. The van der Waals surface area contributed by atoms with E-state index in [0.29, 0.717) is 38.3 Å². The van der Waals surface area contributed by atoms with Gasteiger partial charge in [0.15, 0.2) is 0 Å². The van der Waals surface area contributed by atoms with Crippen LogP contribution >= 0.6 is 11.5 Å². The number of aromatic nitrogens is 1. The van der Waals surface area contributed by atoms with Gasteiger partial charge in [-0.3, -0.25) is 9.59 Å². The maximum atomic E-state index is 12.7. The molecule has 2 fully saturated rings. The fourth-order valence-corrected chi connectivity index (χ4v) is 3.79. The average Bonchev–Trinajstić information content (AvgIpc) is 3.23. The maximum Gasteiger partial charge on any atom is 0.258 e. The minimum Gasteiger partial charge on any atom is -0.378 e. The van der Waals surface area contributed by atoms with E-state index in [1.165, 1.54) is 11.5 Å². The Hall–Kier alpha value is -1.67. The largest absolute Gasteiger partial charge is 0.378 e. The molecule has 0 aromatic carbocycles. The number of piperazine rings is 1. The molecule has 1 N–H and O–H groups in total. The van der Waals surface area contributed by atoms with E-state index in [2.05, 4.69) is 9.69 Å². The molecule has 2 saturated heterocycles. The second-order valence-corrected chi connectivity index (χ2v) is 6.61. The molecule has 0 spiro atoms. The van der Waals surface area contributed by atoms with Crippen LogP contribution in [0.5, 0.6) is 0 Å². The zero-order valence-electron chi connectivity index (χ0n) is 13.5. The van der Waals surface area contributed by atoms with Crippen molar-refractivity contribution >= 4 is 28.3 Å². The van der Waals surface area contributed by atoms with Crippen LogP contribution in [0.15, 0.2) is 0 Å². The van der Waals surface area contributed by atoms with E-state index in [1.807, 2.05) is 11.8 Å². The summed E-state index contributed by atoms with van der Waals surface area (Å²) in [7, 11) is 1.79. The number of rotatable bonds is 3. The smallest absolute Gasteiger partial charge is 0.258 e. The predicted octanol–water partition coefficient (Wildman–Crippen LogP) is 0.957. The minimum absolute atomic E-state index is 0.00943. The minimum atomic E-state index is -0.281. The molecule has 3 heterocycles. The first kappa shape index (κ1) is 16.2. The standard InChI is InChI=1S/C15H22N4O3S/c1-10-12(13(16-2)23-17-10)15(21)19-7-5-18(6-8-19)14(20)11-4-3-9-22-11/h11,16H,3-9H2,1-2H3/t11-/m0/s1. The molecule has 0 unspecified atom stereocenters. The van der Waals surface area contributed by atoms with Gasteiger partial charge in [0.2, 0.25) is 0 Å². The van der Waals surface area contributed by atoms with Gasteiger partial charge < -0.3 is 19.9 Å². The number of carbonyl (C=O) groups is 2. The van der Waals surface area contributed by atoms with Crippen LogP contribution in [-0.2, 0) is 9.53 Å². The molecule has 0 aliphatic carbocycles. The molecular weight excluding hydrogens is 316 g/mol. The number of ether oxygens (including phenoxy) is 1. The van der Waals surface area contributed by atoms with Crippen molar-refractivity contribution in [2.45, 2.75) is 25.9 Å². The zero-order chi connectivity index (χ0) is 16.4. The van der Waals surface area contributed by atoms with E-state index >= 15 is 0 Å². The van der Waals surface area contributed by atoms with E-state index < -0.39 is 0 Å². The Balaban J connectivity index is 1.61. The van der Waals surface area contributed by atoms with E-state index in [0.717, 1.165) is 23.5 Å². The highest BCUT2D eigenvalue weighted by molar-refractivity contribution is 7.10. The molecule has 1 aromatic rings. The molecule has 3 rings (SSSR count). The normalized spacial score (nSPS) is 21.6. The maximum absolute atomic E-state index is 12.7. The SMILES string of the molecule is CNc1snc(C)c1C(=O)N1CCN(C(=O)[C@@H]2CCCO2)CC1. The highest BCUT2D eigenvalue weighted by atomic mass is 32.1. The molecular formula is C15H22N4O3S. The van der Waals surface area contributed by atoms with Crippen molar-refractivity contribution in [2.24, 2.45) is 0 Å². The Morgan fingerprint density at radius 2 is 1.96 bits per heavy atom. The lowest BCUT2D eigenvalue weighted by atomic mass is 10.1. The molecule has 1 atom stereocenters. The lowest BCUT2D eigenvalue weighted by molar-refractivity contribution is -0.142. The van der Waals surface area contributed by atoms with E-state index in [9.17, 15) is 9.59 Å². The number of nitrogens with one attached hydrogen (secondary N) is 1. The van der Waals surface area contributed by atoms with Crippen molar-refractivity contribution in [1.29, 1.82) is 0 Å². The van der Waals surface area contributed by atoms with Crippen LogP contribution in [0, 0.1) is 6.92 Å². The molecule has 2 aliphatic heterocycles. The van der Waals surface area contributed by atoms with Crippen LogP contribution in [-0.4, -0.2) is 71.9 Å². The third kappa shape index (κ3) is 3.18. The summed E-state index contributed by atoms with van der Waals surface area (Å²) < 4.78 is 9.71. The molecule has 0 radical (unpaired) electrons. The number of hydrogen-bond donors (Lipinski definition) is 1. The zero-order valence-corrected chi connectivity index (χ0v) is 14.3. The van der Waals surface area contributed by atoms with Crippen molar-refractivity contribution in [1.82, 2.24) is 14.2 Å². The summed E-state index contributed by atoms with van der Waals surface area (Å²) in [6.45, 7) is 4.76. The van der Waals surface area contributed by atoms with Crippen molar-refractivity contribution in [3.05, 3.63) is 11.3 Å². The van der Waals surface area contributed by atoms with Crippen molar-refractivity contribution in [2.75, 3.05) is 45.2 Å². The predicted molar refractivity (Wildman–Crippen MR) is 87.9 cm³/mol. The van der Waals surface area contributed by atoms with Crippen LogP contribution < -0.4 is 5.32 Å². The lowest BCUT2D eigenvalue weighted by Gasteiger charge is -2.35. The van der Waals surface area contributed by atoms with Crippen molar-refractivity contribution < 1.29 is 14.3 Å². The summed E-state index contributed by atoms with van der Waals surface area (Å²) in [5.41, 5.74) is 1.40. The van der Waals surface area contributed by atoms with Crippen LogP contribution in [0.3, 0.4) is 0 Å². The van der Waals surface area contributed by atoms with Crippen LogP contribution in [0.1, 0.15) is 28.9 Å². The van der Waals surface area contributed by atoms with Gasteiger partial charge in [0.1, 0.15) is 11.1 Å². The fraction of sp³-hybridized carbons (Fsp3) is 0.667. The van der Waals surface area contributed by atoms with Gasteiger partial charge in [0.05, 0.1) is 11.3 Å². The number of carbonyl (C=O) groups excluding carboxylic acids is 2. The summed E-state index contributed by atoms with van der Waals surface area (Å²) in [4.78, 5) is 28.7. The Kier molecular flexibility index (Phi) is 4.82. The van der Waals surface area contributed by atoms with E-state index in [1.54, 1.807) is 11.9 Å². The van der Waals surface area contributed by atoms with Gasteiger partial charge in [-0.25, -0.2) is 0 Å². The lowest BCUT2D eigenvalue weighted by Crippen LogP contribution is -2.52. The van der Waals surface area contributed by atoms with Gasteiger partial charge in [0.25, 0.3) is 11.8 Å². The molecule has 0 bridgehead atoms. The summed E-state index contributed by atoms with van der Waals surface area (Å²) in [5, 5.41) is 3.82. The summed E-state index contributed by atoms with van der Waals surface area (Å²) in [5.74, 6) is 0.0590. The summed E-state index contributed by atoms with van der Waals surface area (Å²) in [6.07, 6.45) is 1.48. The second-order valence-electron chi connectivity index (χ2n) is 5.84. The summed E-state index contributed by atoms with van der Waals surface area (Å²) >= 11 is 1.30. The molecule has 7 nitrogen and oxygen atoms in total. The highest BCUT2D eigenvalue weighted by Crippen LogP contribution is 2.26. The Morgan fingerprint density at radius 1 is 1.26 bits per heavy atom. The second kappa shape index (κ2) is 6.84. The molecule has 0 saturated carbocycles. The number of amides is 2. The quantitative estimate of drug-likeness (QED) is 0.888. The molecule has 126 valence electrons. The van der Waals surface area contributed by atoms with Crippen LogP contribution in [0.4, 0.5) is 5.00 Å². The van der Waals surface area contributed by atoms with Gasteiger partial charge in [-0.15, -0.1) is 0 Å². The first-order valence-corrected chi connectivity index (χ1v) is 8.73. The number of hydrogen-bond acceptors (Lipinski definition) is 6. The van der Waals surface area contributed by atoms with E-state index in [4.69, 9.17) is 4.74 Å². The Labute approximate surface area is 139 Å². The van der Waals surface area contributed by atoms with Gasteiger partial charge in [-0.1, -0.05) is 0 Å². The van der Waals surface area contributed by atoms with Crippen LogP contribution in [0.25, 0.3) is 0 Å². The number of aryl methyl sites for hydroxylation is 1. The molecule has 2 amide bonds. The summed E-state index contributed by atoms with van der Waals surface area (Å²) in [6, 6.07) is 0. The molecule has 2 aliphatic rings. The highest BCUT2D eigenvalue weighted by Gasteiger charge is 2.32. The molecule has 8 heteroatoms. The molecule has 23 heavy (non-hydrogen) atoms. The Morgan fingerprint density at radius 3 is 2.57 bits per heavy atom. The van der Waals surface area contributed by atoms with Crippen LogP contribution in [0.2, 0.25) is 0 Å². The Bertz CT molecular complexity index is 590. The third-order valence-electron chi connectivity index (χ3n) is 4.39.